The Morgan fingerprint density at radius 2 is 1.60 bits per heavy atom. The van der Waals surface area contributed by atoms with Crippen LogP contribution in [0.5, 0.6) is 0 Å². The van der Waals surface area contributed by atoms with Crippen LogP contribution in [0.3, 0.4) is 0 Å². The van der Waals surface area contributed by atoms with E-state index < -0.39 is 0 Å². The molecular formula is C16H31N3O. The van der Waals surface area contributed by atoms with E-state index in [1.165, 1.54) is 64.2 Å². The summed E-state index contributed by atoms with van der Waals surface area (Å²) in [5.41, 5.74) is 0. The molecule has 3 N–H and O–H groups in total. The molecule has 4 heteroatoms. The lowest BCUT2D eigenvalue weighted by Crippen LogP contribution is -2.45. The molecule has 2 aliphatic carbocycles. The zero-order chi connectivity index (χ0) is 14.0. The van der Waals surface area contributed by atoms with Crippen molar-refractivity contribution in [2.45, 2.75) is 82.7 Å². The smallest absolute Gasteiger partial charge is 0.191 e. The topological polar surface area (TPSA) is 56.6 Å². The Bertz CT molecular complexity index is 281. The maximum atomic E-state index is 8.92. The van der Waals surface area contributed by atoms with Crippen molar-refractivity contribution in [1.29, 1.82) is 0 Å². The van der Waals surface area contributed by atoms with E-state index in [4.69, 9.17) is 10.1 Å². The SMILES string of the molecule is OCCCN/C(=N\C1CCCCC1)NC1CCCCC1. The molecular weight excluding hydrogens is 250 g/mol. The third-order valence-corrected chi connectivity index (χ3v) is 4.46. The molecule has 2 rings (SSSR count). The molecule has 0 atom stereocenters. The lowest BCUT2D eigenvalue weighted by molar-refractivity contribution is 0.288. The van der Waals surface area contributed by atoms with Crippen LogP contribution in [0.1, 0.15) is 70.6 Å². The predicted molar refractivity (Wildman–Crippen MR) is 84.0 cm³/mol. The lowest BCUT2D eigenvalue weighted by Gasteiger charge is -2.26. The largest absolute Gasteiger partial charge is 0.396 e. The van der Waals surface area contributed by atoms with Gasteiger partial charge in [-0.25, -0.2) is 4.99 Å². The van der Waals surface area contributed by atoms with Gasteiger partial charge in [0.25, 0.3) is 0 Å². The summed E-state index contributed by atoms with van der Waals surface area (Å²) in [6.45, 7) is 1.05. The number of hydrogen-bond acceptors (Lipinski definition) is 2. The minimum atomic E-state index is 0.243. The summed E-state index contributed by atoms with van der Waals surface area (Å²) in [6, 6.07) is 1.09. The highest BCUT2D eigenvalue weighted by atomic mass is 16.3. The van der Waals surface area contributed by atoms with E-state index in [-0.39, 0.29) is 6.61 Å². The van der Waals surface area contributed by atoms with Crippen LogP contribution in [0.25, 0.3) is 0 Å². The van der Waals surface area contributed by atoms with Crippen LogP contribution in [-0.4, -0.2) is 36.3 Å². The van der Waals surface area contributed by atoms with E-state index in [0.717, 1.165) is 18.9 Å². The van der Waals surface area contributed by atoms with Crippen molar-refractivity contribution >= 4 is 5.96 Å². The third-order valence-electron chi connectivity index (χ3n) is 4.46. The van der Waals surface area contributed by atoms with Gasteiger partial charge in [-0.1, -0.05) is 38.5 Å². The number of hydrogen-bond donors (Lipinski definition) is 3. The summed E-state index contributed by atoms with van der Waals surface area (Å²) in [5, 5.41) is 15.9. The summed E-state index contributed by atoms with van der Waals surface area (Å²) in [7, 11) is 0. The summed E-state index contributed by atoms with van der Waals surface area (Å²) in [4.78, 5) is 4.91. The molecule has 2 aliphatic rings. The van der Waals surface area contributed by atoms with Gasteiger partial charge in [-0.05, 0) is 32.1 Å². The quantitative estimate of drug-likeness (QED) is 0.412. The van der Waals surface area contributed by atoms with Crippen LogP contribution in [0, 0.1) is 0 Å². The predicted octanol–water partition coefficient (Wildman–Crippen LogP) is 2.57. The van der Waals surface area contributed by atoms with Crippen LogP contribution < -0.4 is 10.6 Å². The standard InChI is InChI=1S/C16H31N3O/c20-13-7-12-17-16(18-14-8-3-1-4-9-14)19-15-10-5-2-6-11-15/h14-15,20H,1-13H2,(H2,17,18,19). The second-order valence-electron chi connectivity index (χ2n) is 6.25. The molecule has 0 bridgehead atoms. The van der Waals surface area contributed by atoms with E-state index in [0.29, 0.717) is 12.1 Å². The minimum Gasteiger partial charge on any atom is -0.396 e. The van der Waals surface area contributed by atoms with Crippen molar-refractivity contribution in [1.82, 2.24) is 10.6 Å². The second kappa shape index (κ2) is 9.22. The number of aliphatic hydroxyl groups is 1. The Labute approximate surface area is 123 Å². The van der Waals surface area contributed by atoms with Crippen LogP contribution >= 0.6 is 0 Å². The lowest BCUT2D eigenvalue weighted by atomic mass is 9.95. The molecule has 0 radical (unpaired) electrons. The van der Waals surface area contributed by atoms with Gasteiger partial charge in [-0.2, -0.15) is 0 Å². The molecule has 2 saturated carbocycles. The first-order valence-corrected chi connectivity index (χ1v) is 8.57. The van der Waals surface area contributed by atoms with E-state index in [9.17, 15) is 0 Å². The zero-order valence-corrected chi connectivity index (χ0v) is 12.7. The van der Waals surface area contributed by atoms with Crippen LogP contribution in [-0.2, 0) is 0 Å². The Kier molecular flexibility index (Phi) is 7.20. The van der Waals surface area contributed by atoms with Crippen LogP contribution in [0.4, 0.5) is 0 Å². The first-order valence-electron chi connectivity index (χ1n) is 8.57. The van der Waals surface area contributed by atoms with E-state index in [2.05, 4.69) is 10.6 Å². The first-order chi connectivity index (χ1) is 9.88. The van der Waals surface area contributed by atoms with Gasteiger partial charge in [-0.3, -0.25) is 0 Å². The molecule has 20 heavy (non-hydrogen) atoms. The average Bonchev–Trinajstić information content (AvgIpc) is 2.49. The van der Waals surface area contributed by atoms with Gasteiger partial charge in [0, 0.05) is 19.2 Å². The molecule has 2 fully saturated rings. The van der Waals surface area contributed by atoms with E-state index in [1.807, 2.05) is 0 Å². The zero-order valence-electron chi connectivity index (χ0n) is 12.7. The number of guanidine groups is 1. The van der Waals surface area contributed by atoms with Crippen molar-refractivity contribution in [3.05, 3.63) is 0 Å². The summed E-state index contributed by atoms with van der Waals surface area (Å²) < 4.78 is 0. The third kappa shape index (κ3) is 5.70. The van der Waals surface area contributed by atoms with Gasteiger partial charge in [-0.15, -0.1) is 0 Å². The number of rotatable bonds is 5. The average molecular weight is 281 g/mol. The number of aliphatic imine (C=N–C) groups is 1. The van der Waals surface area contributed by atoms with Gasteiger partial charge in [0.05, 0.1) is 6.04 Å². The molecule has 0 saturated heterocycles. The summed E-state index contributed by atoms with van der Waals surface area (Å²) in [6.07, 6.45) is 13.9. The highest BCUT2D eigenvalue weighted by Crippen LogP contribution is 2.21. The molecule has 0 aliphatic heterocycles. The van der Waals surface area contributed by atoms with Crippen molar-refractivity contribution in [3.8, 4) is 0 Å². The molecule has 0 heterocycles. The fourth-order valence-corrected chi connectivity index (χ4v) is 3.25. The number of nitrogens with one attached hydrogen (secondary N) is 2. The molecule has 0 spiro atoms. The van der Waals surface area contributed by atoms with E-state index >= 15 is 0 Å². The summed E-state index contributed by atoms with van der Waals surface area (Å²) >= 11 is 0. The molecule has 0 amide bonds. The molecule has 0 unspecified atom stereocenters. The van der Waals surface area contributed by atoms with Crippen molar-refractivity contribution in [2.75, 3.05) is 13.2 Å². The summed E-state index contributed by atoms with van der Waals surface area (Å²) in [5.74, 6) is 0.984. The van der Waals surface area contributed by atoms with Gasteiger partial charge in [0.1, 0.15) is 0 Å². The van der Waals surface area contributed by atoms with Crippen molar-refractivity contribution in [2.24, 2.45) is 4.99 Å². The van der Waals surface area contributed by atoms with Gasteiger partial charge >= 0.3 is 0 Å². The van der Waals surface area contributed by atoms with Crippen LogP contribution in [0.2, 0.25) is 0 Å². The second-order valence-corrected chi connectivity index (χ2v) is 6.25. The number of nitrogens with zero attached hydrogens (tertiary/aromatic N) is 1. The van der Waals surface area contributed by atoms with Gasteiger partial charge < -0.3 is 15.7 Å². The van der Waals surface area contributed by atoms with E-state index in [1.54, 1.807) is 0 Å². The van der Waals surface area contributed by atoms with Crippen molar-refractivity contribution < 1.29 is 5.11 Å². The number of aliphatic hydroxyl groups excluding tert-OH is 1. The Morgan fingerprint density at radius 3 is 2.25 bits per heavy atom. The molecule has 116 valence electrons. The normalized spacial score (nSPS) is 22.8. The highest BCUT2D eigenvalue weighted by molar-refractivity contribution is 5.80. The van der Waals surface area contributed by atoms with Crippen LogP contribution in [0.15, 0.2) is 4.99 Å². The maximum absolute atomic E-state index is 8.92. The molecule has 0 aromatic heterocycles. The fourth-order valence-electron chi connectivity index (χ4n) is 3.25. The van der Waals surface area contributed by atoms with Gasteiger partial charge in [0.2, 0.25) is 0 Å². The van der Waals surface area contributed by atoms with Gasteiger partial charge in [0.15, 0.2) is 5.96 Å². The highest BCUT2D eigenvalue weighted by Gasteiger charge is 2.17. The minimum absolute atomic E-state index is 0.243. The first kappa shape index (κ1) is 15.6. The molecule has 0 aromatic carbocycles. The maximum Gasteiger partial charge on any atom is 0.191 e. The van der Waals surface area contributed by atoms with Crippen molar-refractivity contribution in [3.63, 3.8) is 0 Å². The molecule has 4 nitrogen and oxygen atoms in total. The molecule has 0 aromatic rings. The Balaban J connectivity index is 1.85. The fraction of sp³-hybridized carbons (Fsp3) is 0.938. The monoisotopic (exact) mass is 281 g/mol. The Morgan fingerprint density at radius 1 is 0.950 bits per heavy atom. The Hall–Kier alpha value is -0.770.